The molecule has 0 aromatic carbocycles. The molecule has 8 heavy (non-hydrogen) atoms. The highest BCUT2D eigenvalue weighted by Crippen LogP contribution is 2.16. The Hall–Kier alpha value is 0.270. The fourth-order valence-electron chi connectivity index (χ4n) is 0.607. The van der Waals surface area contributed by atoms with E-state index in [-0.39, 0.29) is 0 Å². The minimum atomic E-state index is 0.321. The van der Waals surface area contributed by atoms with Gasteiger partial charge >= 0.3 is 0 Å². The van der Waals surface area contributed by atoms with Gasteiger partial charge in [0, 0.05) is 12.3 Å². The molecule has 1 rings (SSSR count). The largest absolute Gasteiger partial charge is 0.354 e. The van der Waals surface area contributed by atoms with Gasteiger partial charge in [-0.2, -0.15) is 12.6 Å². The maximum absolute atomic E-state index is 5.07. The smallest absolute Gasteiger partial charge is 0.134 e. The first-order chi connectivity index (χ1) is 3.84. The maximum atomic E-state index is 5.07. The fourth-order valence-corrected chi connectivity index (χ4v) is 0.736. The summed E-state index contributed by atoms with van der Waals surface area (Å²) in [5.41, 5.74) is 0. The van der Waals surface area contributed by atoms with Crippen molar-refractivity contribution >= 4 is 12.6 Å². The zero-order chi connectivity index (χ0) is 5.98. The molecule has 3 heteroatoms. The van der Waals surface area contributed by atoms with E-state index in [0.717, 1.165) is 12.3 Å². The molecule has 0 radical (unpaired) electrons. The van der Waals surface area contributed by atoms with Crippen LogP contribution in [0.15, 0.2) is 0 Å². The zero-order valence-electron chi connectivity index (χ0n) is 4.92. The van der Waals surface area contributed by atoms with Crippen molar-refractivity contribution in [2.24, 2.45) is 0 Å². The van der Waals surface area contributed by atoms with Crippen LogP contribution < -0.4 is 5.32 Å². The van der Waals surface area contributed by atoms with Crippen LogP contribution in [0.1, 0.15) is 6.92 Å². The van der Waals surface area contributed by atoms with Gasteiger partial charge in [0.2, 0.25) is 0 Å². The van der Waals surface area contributed by atoms with Gasteiger partial charge in [-0.05, 0) is 6.92 Å². The van der Waals surface area contributed by atoms with Crippen LogP contribution >= 0.6 is 12.6 Å². The molecule has 0 spiro atoms. The standard InChI is InChI=1S/C5H11NOS/c1-4-5(7-4)6-2-3-8/h4-6,8H,2-3H2,1H3. The molecule has 0 bridgehead atoms. The Morgan fingerprint density at radius 2 is 2.38 bits per heavy atom. The van der Waals surface area contributed by atoms with Crippen LogP contribution in [0.25, 0.3) is 0 Å². The van der Waals surface area contributed by atoms with Gasteiger partial charge < -0.3 is 4.74 Å². The summed E-state index contributed by atoms with van der Waals surface area (Å²) in [5.74, 6) is 0.882. The van der Waals surface area contributed by atoms with Gasteiger partial charge in [-0.3, -0.25) is 5.32 Å². The van der Waals surface area contributed by atoms with Gasteiger partial charge in [-0.15, -0.1) is 0 Å². The summed E-state index contributed by atoms with van der Waals surface area (Å²) < 4.78 is 5.07. The molecule has 1 aliphatic rings. The lowest BCUT2D eigenvalue weighted by Gasteiger charge is -1.92. The Morgan fingerprint density at radius 3 is 2.75 bits per heavy atom. The van der Waals surface area contributed by atoms with Gasteiger partial charge in [-0.1, -0.05) is 0 Å². The SMILES string of the molecule is CC1OC1NCCS. The number of nitrogens with one attached hydrogen (secondary N) is 1. The second-order valence-electron chi connectivity index (χ2n) is 1.94. The van der Waals surface area contributed by atoms with E-state index >= 15 is 0 Å². The molecule has 48 valence electrons. The van der Waals surface area contributed by atoms with Crippen molar-refractivity contribution in [3.8, 4) is 0 Å². The van der Waals surface area contributed by atoms with Crippen LogP contribution in [0.2, 0.25) is 0 Å². The summed E-state index contributed by atoms with van der Waals surface area (Å²) in [6, 6.07) is 0. The highest BCUT2D eigenvalue weighted by molar-refractivity contribution is 7.80. The molecule has 2 nitrogen and oxygen atoms in total. The third-order valence-electron chi connectivity index (χ3n) is 1.17. The van der Waals surface area contributed by atoms with Gasteiger partial charge in [0.1, 0.15) is 6.23 Å². The van der Waals surface area contributed by atoms with Crippen molar-refractivity contribution in [2.45, 2.75) is 19.3 Å². The van der Waals surface area contributed by atoms with Crippen molar-refractivity contribution in [3.05, 3.63) is 0 Å². The van der Waals surface area contributed by atoms with E-state index in [0.29, 0.717) is 12.3 Å². The van der Waals surface area contributed by atoms with E-state index in [1.54, 1.807) is 0 Å². The molecule has 0 aromatic heterocycles. The quantitative estimate of drug-likeness (QED) is 0.426. The van der Waals surface area contributed by atoms with Crippen molar-refractivity contribution in [1.29, 1.82) is 0 Å². The molecule has 2 atom stereocenters. The Bertz CT molecular complexity index is 78.8. The molecule has 1 aliphatic heterocycles. The first kappa shape index (κ1) is 6.39. The summed E-state index contributed by atoms with van der Waals surface area (Å²) >= 11 is 4.03. The first-order valence-electron chi connectivity index (χ1n) is 2.84. The van der Waals surface area contributed by atoms with Crippen LogP contribution in [0.5, 0.6) is 0 Å². The summed E-state index contributed by atoms with van der Waals surface area (Å²) in [6.07, 6.45) is 0.747. The second-order valence-corrected chi connectivity index (χ2v) is 2.39. The molecular formula is C5H11NOS. The number of hydrogen-bond acceptors (Lipinski definition) is 3. The van der Waals surface area contributed by atoms with Crippen molar-refractivity contribution in [3.63, 3.8) is 0 Å². The average molecular weight is 133 g/mol. The van der Waals surface area contributed by atoms with Crippen molar-refractivity contribution < 1.29 is 4.74 Å². The lowest BCUT2D eigenvalue weighted by Crippen LogP contribution is -2.21. The van der Waals surface area contributed by atoms with Gasteiger partial charge in [0.15, 0.2) is 0 Å². The van der Waals surface area contributed by atoms with Gasteiger partial charge in [0.05, 0.1) is 6.10 Å². The van der Waals surface area contributed by atoms with Crippen molar-refractivity contribution in [2.75, 3.05) is 12.3 Å². The van der Waals surface area contributed by atoms with E-state index in [1.807, 2.05) is 0 Å². The molecule has 1 fully saturated rings. The number of hydrogen-bond donors (Lipinski definition) is 2. The van der Waals surface area contributed by atoms with Crippen LogP contribution in [0.4, 0.5) is 0 Å². The minimum Gasteiger partial charge on any atom is -0.354 e. The Balaban J connectivity index is 1.89. The Labute approximate surface area is 55.0 Å². The van der Waals surface area contributed by atoms with Crippen LogP contribution in [-0.4, -0.2) is 24.6 Å². The lowest BCUT2D eigenvalue weighted by atomic mass is 10.5. The summed E-state index contributed by atoms with van der Waals surface area (Å²) in [5, 5.41) is 3.16. The van der Waals surface area contributed by atoms with Crippen molar-refractivity contribution in [1.82, 2.24) is 5.32 Å². The van der Waals surface area contributed by atoms with E-state index < -0.39 is 0 Å². The molecule has 2 unspecified atom stereocenters. The number of ether oxygens (including phenoxy) is 1. The number of epoxide rings is 1. The lowest BCUT2D eigenvalue weighted by molar-refractivity contribution is 0.354. The third kappa shape index (κ3) is 1.65. The van der Waals surface area contributed by atoms with E-state index in [4.69, 9.17) is 4.74 Å². The molecule has 0 aliphatic carbocycles. The zero-order valence-corrected chi connectivity index (χ0v) is 5.82. The number of rotatable bonds is 3. The van der Waals surface area contributed by atoms with Gasteiger partial charge in [-0.25, -0.2) is 0 Å². The summed E-state index contributed by atoms with van der Waals surface area (Å²) in [7, 11) is 0. The maximum Gasteiger partial charge on any atom is 0.134 e. The van der Waals surface area contributed by atoms with E-state index in [9.17, 15) is 0 Å². The minimum absolute atomic E-state index is 0.321. The topological polar surface area (TPSA) is 24.6 Å². The molecule has 1 heterocycles. The first-order valence-corrected chi connectivity index (χ1v) is 3.47. The summed E-state index contributed by atoms with van der Waals surface area (Å²) in [6.45, 7) is 2.99. The third-order valence-corrected chi connectivity index (χ3v) is 1.39. The van der Waals surface area contributed by atoms with Crippen LogP contribution in [0.3, 0.4) is 0 Å². The predicted molar refractivity (Wildman–Crippen MR) is 36.2 cm³/mol. The molecule has 0 aromatic rings. The normalized spacial score (nSPS) is 35.2. The molecule has 0 saturated carbocycles. The van der Waals surface area contributed by atoms with E-state index in [2.05, 4.69) is 24.9 Å². The molecule has 1 N–H and O–H groups in total. The number of thiol groups is 1. The average Bonchev–Trinajstić information content (AvgIpc) is 2.42. The fraction of sp³-hybridized carbons (Fsp3) is 1.00. The molecule has 0 amide bonds. The Kier molecular flexibility index (Phi) is 2.16. The Morgan fingerprint density at radius 1 is 1.75 bits per heavy atom. The summed E-state index contributed by atoms with van der Waals surface area (Å²) in [4.78, 5) is 0. The van der Waals surface area contributed by atoms with Crippen LogP contribution in [0, 0.1) is 0 Å². The molecular weight excluding hydrogens is 122 g/mol. The second kappa shape index (κ2) is 2.71. The highest BCUT2D eigenvalue weighted by atomic mass is 32.1. The highest BCUT2D eigenvalue weighted by Gasteiger charge is 2.32. The van der Waals surface area contributed by atoms with Crippen LogP contribution in [-0.2, 0) is 4.74 Å². The monoisotopic (exact) mass is 133 g/mol. The van der Waals surface area contributed by atoms with E-state index in [1.165, 1.54) is 0 Å². The van der Waals surface area contributed by atoms with Gasteiger partial charge in [0.25, 0.3) is 0 Å². The molecule has 1 saturated heterocycles. The predicted octanol–water partition coefficient (Wildman–Crippen LogP) is 0.251.